The maximum absolute atomic E-state index is 14.0. The molecule has 0 saturated heterocycles. The lowest BCUT2D eigenvalue weighted by Gasteiger charge is -2.20. The number of hydrogen-bond donors (Lipinski definition) is 1. The summed E-state index contributed by atoms with van der Waals surface area (Å²) in [4.78, 5) is 12.8. The number of nitrogens with zero attached hydrogens (tertiary/aromatic N) is 3. The Bertz CT molecular complexity index is 949. The molecule has 0 atom stereocenters. The van der Waals surface area contributed by atoms with Crippen molar-refractivity contribution in [1.82, 2.24) is 9.78 Å². The summed E-state index contributed by atoms with van der Waals surface area (Å²) in [7, 11) is -1.95. The molecule has 7 nitrogen and oxygen atoms in total. The normalized spacial score (nSPS) is 14.8. The highest BCUT2D eigenvalue weighted by Gasteiger charge is 2.18. The summed E-state index contributed by atoms with van der Waals surface area (Å²) in [6, 6.07) is 2.06. The van der Waals surface area contributed by atoms with Gasteiger partial charge in [0.15, 0.2) is 5.88 Å². The molecule has 3 rings (SSSR count). The second-order valence-corrected chi connectivity index (χ2v) is 8.40. The van der Waals surface area contributed by atoms with Crippen LogP contribution in [0.3, 0.4) is 0 Å². The summed E-state index contributed by atoms with van der Waals surface area (Å²) in [6.07, 6.45) is 2.23. The van der Waals surface area contributed by atoms with Crippen LogP contribution in [0.2, 0.25) is 0 Å². The molecule has 0 bridgehead atoms. The number of carbonyl (C=O) groups is 1. The Hall–Kier alpha value is -2.42. The van der Waals surface area contributed by atoms with Gasteiger partial charge >= 0.3 is 6.03 Å². The van der Waals surface area contributed by atoms with E-state index in [-0.39, 0.29) is 22.5 Å². The summed E-state index contributed by atoms with van der Waals surface area (Å²) in [5, 5.41) is 6.83. The first-order valence-electron chi connectivity index (χ1n) is 9.24. The number of hydrogen-bond acceptors (Lipinski definition) is 5. The quantitative estimate of drug-likeness (QED) is 0.739. The highest BCUT2D eigenvalue weighted by atomic mass is 32.2. The lowest BCUT2D eigenvalue weighted by Crippen LogP contribution is -2.15. The molecule has 1 aromatic heterocycles. The van der Waals surface area contributed by atoms with Crippen molar-refractivity contribution in [3.05, 3.63) is 35.3 Å². The van der Waals surface area contributed by atoms with Gasteiger partial charge in [-0.3, -0.25) is 0 Å². The number of halogens is 1. The van der Waals surface area contributed by atoms with E-state index in [1.807, 2.05) is 27.7 Å². The van der Waals surface area contributed by atoms with Crippen LogP contribution in [-0.4, -0.2) is 22.4 Å². The van der Waals surface area contributed by atoms with E-state index in [2.05, 4.69) is 14.8 Å². The highest BCUT2D eigenvalue weighted by molar-refractivity contribution is 7.75. The van der Waals surface area contributed by atoms with Gasteiger partial charge in [0.05, 0.1) is 6.61 Å². The predicted molar refractivity (Wildman–Crippen MR) is 105 cm³/mol. The van der Waals surface area contributed by atoms with Crippen LogP contribution >= 0.6 is 0 Å². The number of aromatic nitrogens is 2. The van der Waals surface area contributed by atoms with Gasteiger partial charge in [-0.1, -0.05) is 27.7 Å². The molecule has 0 unspecified atom stereocenters. The first-order chi connectivity index (χ1) is 13.3. The average molecular weight is 407 g/mol. The van der Waals surface area contributed by atoms with Crippen molar-refractivity contribution in [2.75, 3.05) is 11.9 Å². The summed E-state index contributed by atoms with van der Waals surface area (Å²) in [5.74, 6) is 0.0124. The maximum Gasteiger partial charge on any atom is 0.322 e. The number of urea groups is 1. The van der Waals surface area contributed by atoms with Crippen molar-refractivity contribution in [3.8, 4) is 5.88 Å². The van der Waals surface area contributed by atoms with E-state index in [0.29, 0.717) is 35.8 Å². The minimum absolute atomic E-state index is 0.00918. The third kappa shape index (κ3) is 4.19. The van der Waals surface area contributed by atoms with E-state index < -0.39 is 16.6 Å². The molecule has 0 spiro atoms. The number of nitrogens with one attached hydrogen (secondary N) is 1. The Morgan fingerprint density at radius 1 is 1.29 bits per heavy atom. The number of benzene rings is 1. The standard InChI is InChI=1S/C19H24FN4O3S/c1-11(2)14-8-13(20)9-15(12(3)4)17(14)22-19(25)23-28(26)16-10-21-24-6-5-7-27-18(16)24/h8-12H,5-7H2,1-4H3,(H,22,25)/q-1. The molecule has 9 heteroatoms. The van der Waals surface area contributed by atoms with Crippen molar-refractivity contribution in [2.45, 2.75) is 57.4 Å². The number of fused-ring (bicyclic) bond motifs is 1. The third-order valence-corrected chi connectivity index (χ3v) is 5.49. The van der Waals surface area contributed by atoms with Crippen LogP contribution in [0.4, 0.5) is 14.9 Å². The van der Waals surface area contributed by atoms with Crippen LogP contribution in [-0.2, 0) is 21.3 Å². The lowest BCUT2D eigenvalue weighted by molar-refractivity contribution is 0.225. The van der Waals surface area contributed by atoms with Crippen LogP contribution < -0.4 is 10.1 Å². The fourth-order valence-corrected chi connectivity index (χ4v) is 3.87. The van der Waals surface area contributed by atoms with E-state index in [1.54, 1.807) is 4.68 Å². The zero-order valence-corrected chi connectivity index (χ0v) is 17.2. The van der Waals surface area contributed by atoms with Crippen molar-refractivity contribution in [1.29, 1.82) is 0 Å². The molecular weight excluding hydrogens is 383 g/mol. The van der Waals surface area contributed by atoms with E-state index in [4.69, 9.17) is 4.74 Å². The highest BCUT2D eigenvalue weighted by Crippen LogP contribution is 2.34. The summed E-state index contributed by atoms with van der Waals surface area (Å²) in [6.45, 7) is 8.85. The molecule has 2 aromatic rings. The monoisotopic (exact) mass is 407 g/mol. The van der Waals surface area contributed by atoms with Crippen LogP contribution in [0.25, 0.3) is 0 Å². The van der Waals surface area contributed by atoms with Gasteiger partial charge in [-0.25, -0.2) is 13.9 Å². The molecule has 1 N–H and O–H groups in total. The number of rotatable bonds is 4. The van der Waals surface area contributed by atoms with E-state index in [1.165, 1.54) is 18.3 Å². The molecule has 152 valence electrons. The van der Waals surface area contributed by atoms with Crippen molar-refractivity contribution >= 4 is 22.3 Å². The summed E-state index contributed by atoms with van der Waals surface area (Å²) >= 11 is 0. The number of amides is 2. The largest absolute Gasteiger partial charge is 0.479 e. The first kappa shape index (κ1) is 20.3. The minimum atomic E-state index is -1.95. The van der Waals surface area contributed by atoms with Gasteiger partial charge in [-0.15, -0.1) is 10.6 Å². The Labute approximate surface area is 165 Å². The first-order valence-corrected chi connectivity index (χ1v) is 10.3. The fourth-order valence-electron chi connectivity index (χ4n) is 3.12. The molecule has 1 aliphatic rings. The van der Waals surface area contributed by atoms with Crippen LogP contribution in [0, 0.1) is 5.82 Å². The van der Waals surface area contributed by atoms with E-state index in [9.17, 15) is 13.4 Å². The zero-order valence-electron chi connectivity index (χ0n) is 16.4. The average Bonchev–Trinajstić information content (AvgIpc) is 3.06. The van der Waals surface area contributed by atoms with Gasteiger partial charge < -0.3 is 18.6 Å². The molecule has 0 radical (unpaired) electrons. The number of aryl methyl sites for hydroxylation is 1. The fraction of sp³-hybridized carbons (Fsp3) is 0.474. The van der Waals surface area contributed by atoms with Crippen molar-refractivity contribution in [2.24, 2.45) is 4.36 Å². The third-order valence-electron chi connectivity index (χ3n) is 4.51. The van der Waals surface area contributed by atoms with Crippen molar-refractivity contribution < 1.29 is 18.1 Å². The Balaban J connectivity index is 1.92. The second-order valence-electron chi connectivity index (χ2n) is 7.28. The van der Waals surface area contributed by atoms with Gasteiger partial charge in [0.25, 0.3) is 0 Å². The molecule has 2 heterocycles. The summed E-state index contributed by atoms with van der Waals surface area (Å²) in [5.41, 5.74) is 1.86. The maximum atomic E-state index is 14.0. The summed E-state index contributed by atoms with van der Waals surface area (Å²) < 4.78 is 37.4. The lowest BCUT2D eigenvalue weighted by atomic mass is 9.92. The molecule has 0 aliphatic carbocycles. The Morgan fingerprint density at radius 2 is 1.93 bits per heavy atom. The van der Waals surface area contributed by atoms with Crippen LogP contribution in [0.5, 0.6) is 5.88 Å². The number of anilines is 1. The van der Waals surface area contributed by atoms with Gasteiger partial charge in [0.2, 0.25) is 0 Å². The number of ether oxygens (including phenoxy) is 1. The Kier molecular flexibility index (Phi) is 6.02. The van der Waals surface area contributed by atoms with Crippen LogP contribution in [0.15, 0.2) is 27.6 Å². The van der Waals surface area contributed by atoms with Gasteiger partial charge in [-0.2, -0.15) is 5.10 Å². The van der Waals surface area contributed by atoms with Gasteiger partial charge in [0.1, 0.15) is 5.82 Å². The molecular formula is C19H24FN4O3S-. The zero-order chi connectivity index (χ0) is 20.4. The van der Waals surface area contributed by atoms with Crippen molar-refractivity contribution in [3.63, 3.8) is 0 Å². The molecule has 0 saturated carbocycles. The SMILES string of the molecule is CC(C)c1cc(F)cc(C(C)C)c1NC(=O)N=[S-](=O)c1cnn2c1OCCC2. The smallest absolute Gasteiger partial charge is 0.322 e. The second kappa shape index (κ2) is 8.30. The Morgan fingerprint density at radius 3 is 2.54 bits per heavy atom. The molecule has 0 fully saturated rings. The van der Waals surface area contributed by atoms with E-state index in [0.717, 1.165) is 6.42 Å². The van der Waals surface area contributed by atoms with E-state index >= 15 is 0 Å². The minimum Gasteiger partial charge on any atom is -0.479 e. The molecule has 1 aromatic carbocycles. The molecule has 1 aliphatic heterocycles. The molecule has 2 amide bonds. The predicted octanol–water partition coefficient (Wildman–Crippen LogP) is 4.79. The number of carbonyl (C=O) groups excluding carboxylic acids is 1. The topological polar surface area (TPSA) is 85.6 Å². The van der Waals surface area contributed by atoms with Gasteiger partial charge in [-0.05, 0) is 40.0 Å². The van der Waals surface area contributed by atoms with Gasteiger partial charge in [0, 0.05) is 24.8 Å². The van der Waals surface area contributed by atoms with Crippen LogP contribution in [0.1, 0.15) is 57.1 Å². The molecule has 28 heavy (non-hydrogen) atoms.